The lowest BCUT2D eigenvalue weighted by Crippen LogP contribution is -2.54. The number of hydrogen-bond acceptors (Lipinski definition) is 5. The molecule has 5 nitrogen and oxygen atoms in total. The maximum absolute atomic E-state index is 9.90. The summed E-state index contributed by atoms with van der Waals surface area (Å²) in [5.41, 5.74) is 0. The van der Waals surface area contributed by atoms with Crippen LogP contribution in [-0.4, -0.2) is 52.9 Å². The smallest absolute Gasteiger partial charge is 0.149 e. The number of aliphatic hydroxyl groups is 3. The molecule has 1 rings (SSSR count). The Balaban J connectivity index is 2.02. The Morgan fingerprint density at radius 3 is 2.30 bits per heavy atom. The summed E-state index contributed by atoms with van der Waals surface area (Å²) in [6, 6.07) is 0. The van der Waals surface area contributed by atoms with Crippen molar-refractivity contribution in [2.24, 2.45) is 0 Å². The molecule has 1 fully saturated rings. The summed E-state index contributed by atoms with van der Waals surface area (Å²) in [4.78, 5) is 0. The zero-order valence-electron chi connectivity index (χ0n) is 14.4. The second-order valence-corrected chi connectivity index (χ2v) is 6.35. The van der Waals surface area contributed by atoms with E-state index < -0.39 is 24.4 Å². The maximum atomic E-state index is 9.90. The number of allylic oxidation sites excluding steroid dienone is 1. The van der Waals surface area contributed by atoms with E-state index in [1.54, 1.807) is 6.26 Å². The highest BCUT2D eigenvalue weighted by Gasteiger charge is 2.38. The second kappa shape index (κ2) is 12.8. The minimum atomic E-state index is -1.11. The van der Waals surface area contributed by atoms with Gasteiger partial charge in [-0.15, -0.1) is 0 Å². The fourth-order valence-electron chi connectivity index (χ4n) is 2.76. The first-order valence-electron chi connectivity index (χ1n) is 9.09. The third-order valence-corrected chi connectivity index (χ3v) is 4.34. The predicted molar refractivity (Wildman–Crippen MR) is 90.1 cm³/mol. The van der Waals surface area contributed by atoms with E-state index in [0.717, 1.165) is 12.8 Å². The molecular formula is C18H34O5. The predicted octanol–water partition coefficient (Wildman–Crippen LogP) is 2.53. The van der Waals surface area contributed by atoms with Crippen LogP contribution in [0.4, 0.5) is 0 Å². The first kappa shape index (κ1) is 20.4. The van der Waals surface area contributed by atoms with Crippen LogP contribution in [0.3, 0.4) is 0 Å². The summed E-state index contributed by atoms with van der Waals surface area (Å²) in [6.07, 6.45) is 11.4. The molecule has 0 bridgehead atoms. The van der Waals surface area contributed by atoms with Crippen LogP contribution >= 0.6 is 0 Å². The molecule has 0 radical (unpaired) electrons. The Labute approximate surface area is 140 Å². The van der Waals surface area contributed by atoms with Crippen LogP contribution in [0.2, 0.25) is 0 Å². The third-order valence-electron chi connectivity index (χ3n) is 4.34. The molecule has 4 atom stereocenters. The van der Waals surface area contributed by atoms with Gasteiger partial charge in [0.15, 0.2) is 0 Å². The van der Waals surface area contributed by atoms with E-state index in [-0.39, 0.29) is 13.2 Å². The molecule has 23 heavy (non-hydrogen) atoms. The highest BCUT2D eigenvalue weighted by molar-refractivity contribution is 4.89. The molecule has 0 saturated carbocycles. The quantitative estimate of drug-likeness (QED) is 0.378. The monoisotopic (exact) mass is 330 g/mol. The van der Waals surface area contributed by atoms with Crippen molar-refractivity contribution >= 4 is 0 Å². The number of unbranched alkanes of at least 4 members (excludes halogenated alkanes) is 8. The first-order chi connectivity index (χ1) is 11.2. The molecule has 3 N–H and O–H groups in total. The summed E-state index contributed by atoms with van der Waals surface area (Å²) in [5, 5.41) is 28.6. The second-order valence-electron chi connectivity index (χ2n) is 6.35. The van der Waals surface area contributed by atoms with Crippen molar-refractivity contribution in [2.45, 2.75) is 89.1 Å². The van der Waals surface area contributed by atoms with Crippen LogP contribution in [0.25, 0.3) is 0 Å². The maximum Gasteiger partial charge on any atom is 0.149 e. The van der Waals surface area contributed by atoms with Gasteiger partial charge in [0.2, 0.25) is 0 Å². The van der Waals surface area contributed by atoms with Gasteiger partial charge in [0, 0.05) is 0 Å². The molecule has 1 heterocycles. The Kier molecular flexibility index (Phi) is 11.3. The first-order valence-corrected chi connectivity index (χ1v) is 9.09. The van der Waals surface area contributed by atoms with Gasteiger partial charge in [-0.05, 0) is 18.9 Å². The van der Waals surface area contributed by atoms with E-state index in [2.05, 4.69) is 6.92 Å². The van der Waals surface area contributed by atoms with Gasteiger partial charge in [-0.25, -0.2) is 0 Å². The van der Waals surface area contributed by atoms with Crippen molar-refractivity contribution in [3.05, 3.63) is 12.3 Å². The average Bonchev–Trinajstić information content (AvgIpc) is 2.56. The largest absolute Gasteiger partial charge is 0.493 e. The average molecular weight is 330 g/mol. The molecule has 0 aromatic heterocycles. The Morgan fingerprint density at radius 2 is 1.65 bits per heavy atom. The van der Waals surface area contributed by atoms with Crippen LogP contribution in [-0.2, 0) is 9.47 Å². The number of hydrogen-bond donors (Lipinski definition) is 3. The van der Waals surface area contributed by atoms with Crippen LogP contribution in [0.5, 0.6) is 0 Å². The zero-order chi connectivity index (χ0) is 16.9. The summed E-state index contributed by atoms with van der Waals surface area (Å²) < 4.78 is 10.7. The van der Waals surface area contributed by atoms with E-state index in [9.17, 15) is 10.2 Å². The van der Waals surface area contributed by atoms with Crippen molar-refractivity contribution in [3.8, 4) is 0 Å². The van der Waals surface area contributed by atoms with Crippen molar-refractivity contribution in [1.29, 1.82) is 0 Å². The van der Waals surface area contributed by atoms with Gasteiger partial charge in [0.1, 0.15) is 24.4 Å². The van der Waals surface area contributed by atoms with Gasteiger partial charge in [-0.1, -0.05) is 51.9 Å². The fraction of sp³-hybridized carbons (Fsp3) is 0.889. The van der Waals surface area contributed by atoms with Crippen molar-refractivity contribution in [2.75, 3.05) is 13.2 Å². The van der Waals surface area contributed by atoms with E-state index in [1.165, 1.54) is 44.9 Å². The van der Waals surface area contributed by atoms with Gasteiger partial charge in [-0.3, -0.25) is 0 Å². The van der Waals surface area contributed by atoms with Gasteiger partial charge in [-0.2, -0.15) is 0 Å². The molecule has 1 aliphatic rings. The van der Waals surface area contributed by atoms with Crippen LogP contribution in [0.15, 0.2) is 12.3 Å². The lowest BCUT2D eigenvalue weighted by molar-refractivity contribution is -0.196. The molecule has 0 spiro atoms. The molecule has 1 aliphatic heterocycles. The third kappa shape index (κ3) is 8.15. The molecule has 1 saturated heterocycles. The molecule has 136 valence electrons. The highest BCUT2D eigenvalue weighted by Crippen LogP contribution is 2.18. The Bertz CT molecular complexity index is 308. The Morgan fingerprint density at radius 1 is 1.00 bits per heavy atom. The molecular weight excluding hydrogens is 296 g/mol. The SMILES string of the molecule is CCCCCCCCCC/C=C/O[C@H]1CO[C@H](CO)[C@@H](O)[C@@H]1O. The summed E-state index contributed by atoms with van der Waals surface area (Å²) in [5.74, 6) is 0. The van der Waals surface area contributed by atoms with E-state index >= 15 is 0 Å². The highest BCUT2D eigenvalue weighted by atomic mass is 16.6. The molecule has 0 amide bonds. The molecule has 5 heteroatoms. The number of aliphatic hydroxyl groups excluding tert-OH is 3. The Hall–Kier alpha value is -0.620. The lowest BCUT2D eigenvalue weighted by atomic mass is 10.0. The van der Waals surface area contributed by atoms with Crippen molar-refractivity contribution in [3.63, 3.8) is 0 Å². The zero-order valence-corrected chi connectivity index (χ0v) is 14.4. The van der Waals surface area contributed by atoms with Gasteiger partial charge in [0.05, 0.1) is 19.5 Å². The number of rotatable bonds is 12. The van der Waals surface area contributed by atoms with Crippen LogP contribution in [0, 0.1) is 0 Å². The van der Waals surface area contributed by atoms with Crippen LogP contribution in [0.1, 0.15) is 64.7 Å². The summed E-state index contributed by atoms with van der Waals surface area (Å²) in [7, 11) is 0. The standard InChI is InChI=1S/C18H34O5/c1-2-3-4-5-6-7-8-9-10-11-12-22-16-14-23-15(13-19)17(20)18(16)21/h11-12,15-21H,2-10,13-14H2,1H3/b12-11+/t15-,16+,17-,18-/m1/s1. The van der Waals surface area contributed by atoms with E-state index in [4.69, 9.17) is 14.6 Å². The van der Waals surface area contributed by atoms with Gasteiger partial charge < -0.3 is 24.8 Å². The van der Waals surface area contributed by atoms with Crippen molar-refractivity contribution in [1.82, 2.24) is 0 Å². The van der Waals surface area contributed by atoms with Gasteiger partial charge >= 0.3 is 0 Å². The summed E-state index contributed by atoms with van der Waals surface area (Å²) in [6.45, 7) is 2.10. The van der Waals surface area contributed by atoms with Crippen molar-refractivity contribution < 1.29 is 24.8 Å². The lowest BCUT2D eigenvalue weighted by Gasteiger charge is -2.36. The van der Waals surface area contributed by atoms with E-state index in [1.807, 2.05) is 6.08 Å². The minimum absolute atomic E-state index is 0.172. The molecule has 0 aromatic rings. The fourth-order valence-corrected chi connectivity index (χ4v) is 2.76. The minimum Gasteiger partial charge on any atom is -0.493 e. The van der Waals surface area contributed by atoms with Gasteiger partial charge in [0.25, 0.3) is 0 Å². The number of ether oxygens (including phenoxy) is 2. The molecule has 0 aliphatic carbocycles. The van der Waals surface area contributed by atoms with E-state index in [0.29, 0.717) is 0 Å². The summed E-state index contributed by atoms with van der Waals surface area (Å²) >= 11 is 0. The molecule has 0 aromatic carbocycles. The van der Waals surface area contributed by atoms with Crippen LogP contribution < -0.4 is 0 Å². The topological polar surface area (TPSA) is 79.2 Å². The molecule has 0 unspecified atom stereocenters. The normalized spacial score (nSPS) is 28.3.